The van der Waals surface area contributed by atoms with Gasteiger partial charge < -0.3 is 5.32 Å². The molecule has 0 heterocycles. The van der Waals surface area contributed by atoms with E-state index in [4.69, 9.17) is 0 Å². The summed E-state index contributed by atoms with van der Waals surface area (Å²) in [5, 5.41) is 2.36. The highest BCUT2D eigenvalue weighted by Gasteiger charge is 2.32. The molecular weight excluding hydrogens is 374 g/mol. The second kappa shape index (κ2) is 8.04. The highest BCUT2D eigenvalue weighted by molar-refractivity contribution is 7.92. The van der Waals surface area contributed by atoms with Crippen LogP contribution in [0.15, 0.2) is 36.4 Å². The Hall–Kier alpha value is -2.48. The zero-order valence-corrected chi connectivity index (χ0v) is 16.4. The van der Waals surface area contributed by atoms with E-state index in [1.54, 1.807) is 26.0 Å². The molecule has 0 saturated heterocycles. The summed E-state index contributed by atoms with van der Waals surface area (Å²) < 4.78 is 52.9. The Morgan fingerprint density at radius 2 is 1.81 bits per heavy atom. The molecule has 1 N–H and O–H groups in total. The maximum atomic E-state index is 13.9. The quantitative estimate of drug-likeness (QED) is 0.808. The van der Waals surface area contributed by atoms with Crippen molar-refractivity contribution in [2.24, 2.45) is 0 Å². The Morgan fingerprint density at radius 3 is 2.37 bits per heavy atom. The van der Waals surface area contributed by atoms with Crippen LogP contribution in [0.1, 0.15) is 24.5 Å². The molecule has 2 aromatic carbocycles. The maximum Gasteiger partial charge on any atom is 0.248 e. The number of sulfonamides is 1. The maximum absolute atomic E-state index is 13.9. The van der Waals surface area contributed by atoms with Crippen molar-refractivity contribution >= 4 is 27.3 Å². The summed E-state index contributed by atoms with van der Waals surface area (Å²) in [7, 11) is -3.80. The predicted octanol–water partition coefficient (Wildman–Crippen LogP) is 3.76. The van der Waals surface area contributed by atoms with Gasteiger partial charge in [0.1, 0.15) is 17.7 Å². The van der Waals surface area contributed by atoms with E-state index in [-0.39, 0.29) is 12.1 Å². The third-order valence-corrected chi connectivity index (χ3v) is 5.29. The van der Waals surface area contributed by atoms with Gasteiger partial charge in [-0.15, -0.1) is 0 Å². The predicted molar refractivity (Wildman–Crippen MR) is 102 cm³/mol. The molecule has 8 heteroatoms. The molecule has 1 amide bonds. The lowest BCUT2D eigenvalue weighted by Gasteiger charge is -2.31. The molecule has 146 valence electrons. The van der Waals surface area contributed by atoms with E-state index in [9.17, 15) is 22.0 Å². The number of hydrogen-bond acceptors (Lipinski definition) is 3. The molecule has 5 nitrogen and oxygen atoms in total. The van der Waals surface area contributed by atoms with E-state index in [2.05, 4.69) is 5.32 Å². The first-order chi connectivity index (χ1) is 12.5. The topological polar surface area (TPSA) is 66.5 Å². The molecule has 0 fully saturated rings. The summed E-state index contributed by atoms with van der Waals surface area (Å²) >= 11 is 0. The third-order valence-electron chi connectivity index (χ3n) is 4.12. The van der Waals surface area contributed by atoms with Gasteiger partial charge >= 0.3 is 0 Å². The molecular formula is C19H22F2N2O3S. The Bertz CT molecular complexity index is 961. The monoisotopic (exact) mass is 396 g/mol. The smallest absolute Gasteiger partial charge is 0.248 e. The molecule has 0 bridgehead atoms. The molecule has 0 spiro atoms. The molecule has 2 rings (SSSR count). The molecule has 0 saturated carbocycles. The number of rotatable bonds is 6. The molecule has 0 aliphatic rings. The number of nitrogens with one attached hydrogen (secondary N) is 1. The normalized spacial score (nSPS) is 12.5. The molecule has 1 unspecified atom stereocenters. The summed E-state index contributed by atoms with van der Waals surface area (Å²) in [6.07, 6.45) is 1.18. The van der Waals surface area contributed by atoms with E-state index in [1.165, 1.54) is 0 Å². The van der Waals surface area contributed by atoms with Gasteiger partial charge in [-0.25, -0.2) is 17.2 Å². The highest BCUT2D eigenvalue weighted by Crippen LogP contribution is 2.28. The van der Waals surface area contributed by atoms with Gasteiger partial charge in [0.15, 0.2) is 0 Å². The van der Waals surface area contributed by atoms with Crippen LogP contribution in [-0.2, 0) is 14.8 Å². The lowest BCUT2D eigenvalue weighted by molar-refractivity contribution is -0.117. The summed E-state index contributed by atoms with van der Waals surface area (Å²) in [4.78, 5) is 12.8. The number of amides is 1. The van der Waals surface area contributed by atoms with Crippen LogP contribution in [0.2, 0.25) is 0 Å². The van der Waals surface area contributed by atoms with Crippen molar-refractivity contribution in [1.29, 1.82) is 0 Å². The fraction of sp³-hybridized carbons (Fsp3) is 0.316. The molecule has 2 aromatic rings. The lowest BCUT2D eigenvalue weighted by atomic mass is 10.1. The van der Waals surface area contributed by atoms with Crippen LogP contribution in [0.4, 0.5) is 20.2 Å². The first kappa shape index (κ1) is 20.8. The van der Waals surface area contributed by atoms with Crippen LogP contribution in [0, 0.1) is 25.5 Å². The summed E-state index contributed by atoms with van der Waals surface area (Å²) in [5.41, 5.74) is 1.70. The second-order valence-corrected chi connectivity index (χ2v) is 8.25. The van der Waals surface area contributed by atoms with Gasteiger partial charge in [-0.1, -0.05) is 19.1 Å². The number of carbonyl (C=O) groups is 1. The largest absolute Gasteiger partial charge is 0.322 e. The van der Waals surface area contributed by atoms with E-state index in [1.807, 2.05) is 13.0 Å². The molecule has 0 radical (unpaired) electrons. The average Bonchev–Trinajstić information content (AvgIpc) is 2.56. The minimum atomic E-state index is -3.80. The number of anilines is 2. The molecule has 0 aliphatic heterocycles. The van der Waals surface area contributed by atoms with Gasteiger partial charge in [-0.3, -0.25) is 9.10 Å². The van der Waals surface area contributed by atoms with Gasteiger partial charge in [0.25, 0.3) is 0 Å². The van der Waals surface area contributed by atoms with Crippen molar-refractivity contribution in [3.05, 3.63) is 59.2 Å². The van der Waals surface area contributed by atoms with Crippen LogP contribution in [-0.4, -0.2) is 26.6 Å². The number of carbonyl (C=O) groups excluding carboxylic acids is 1. The van der Waals surface area contributed by atoms with Crippen molar-refractivity contribution in [2.75, 3.05) is 15.9 Å². The van der Waals surface area contributed by atoms with E-state index in [0.717, 1.165) is 28.3 Å². The molecule has 0 aromatic heterocycles. The molecule has 1 atom stereocenters. The summed E-state index contributed by atoms with van der Waals surface area (Å²) in [6.45, 7) is 5.23. The van der Waals surface area contributed by atoms with Gasteiger partial charge in [0, 0.05) is 6.07 Å². The van der Waals surface area contributed by atoms with Crippen LogP contribution >= 0.6 is 0 Å². The zero-order chi connectivity index (χ0) is 20.4. The summed E-state index contributed by atoms with van der Waals surface area (Å²) in [5.74, 6) is -2.41. The molecule has 0 aliphatic carbocycles. The highest BCUT2D eigenvalue weighted by atomic mass is 32.2. The summed E-state index contributed by atoms with van der Waals surface area (Å²) in [6, 6.07) is 6.96. The minimum Gasteiger partial charge on any atom is -0.322 e. The van der Waals surface area contributed by atoms with Crippen molar-refractivity contribution in [1.82, 2.24) is 0 Å². The van der Waals surface area contributed by atoms with Crippen LogP contribution < -0.4 is 9.62 Å². The van der Waals surface area contributed by atoms with Crippen molar-refractivity contribution in [3.63, 3.8) is 0 Å². The van der Waals surface area contributed by atoms with Crippen molar-refractivity contribution in [3.8, 4) is 0 Å². The SMILES string of the molecule is CCC(C(=O)Nc1ccc(F)cc1F)N(c1cc(C)ccc1C)S(C)(=O)=O. The third kappa shape index (κ3) is 4.82. The number of halogens is 2. The number of hydrogen-bond donors (Lipinski definition) is 1. The van der Waals surface area contributed by atoms with Crippen LogP contribution in [0.3, 0.4) is 0 Å². The standard InChI is InChI=1S/C19H22F2N2O3S/c1-5-17(19(24)22-16-9-8-14(20)11-15(16)21)23(27(4,25)26)18-10-12(2)6-7-13(18)3/h6-11,17H,5H2,1-4H3,(H,22,24). The van der Waals surface area contributed by atoms with E-state index < -0.39 is 33.6 Å². The van der Waals surface area contributed by atoms with Gasteiger partial charge in [0.2, 0.25) is 15.9 Å². The number of aryl methyl sites for hydroxylation is 2. The first-order valence-electron chi connectivity index (χ1n) is 8.37. The Balaban J connectivity index is 2.46. The minimum absolute atomic E-state index is 0.162. The second-order valence-electron chi connectivity index (χ2n) is 6.39. The van der Waals surface area contributed by atoms with E-state index >= 15 is 0 Å². The first-order valence-corrected chi connectivity index (χ1v) is 10.2. The molecule has 27 heavy (non-hydrogen) atoms. The average molecular weight is 396 g/mol. The van der Waals surface area contributed by atoms with Crippen molar-refractivity contribution < 1.29 is 22.0 Å². The van der Waals surface area contributed by atoms with Crippen LogP contribution in [0.25, 0.3) is 0 Å². The Kier molecular flexibility index (Phi) is 6.20. The fourth-order valence-electron chi connectivity index (χ4n) is 2.80. The fourth-order valence-corrected chi connectivity index (χ4v) is 4.06. The van der Waals surface area contributed by atoms with Gasteiger partial charge in [-0.05, 0) is 49.6 Å². The van der Waals surface area contributed by atoms with E-state index in [0.29, 0.717) is 17.3 Å². The zero-order valence-electron chi connectivity index (χ0n) is 15.6. The van der Waals surface area contributed by atoms with Crippen LogP contribution in [0.5, 0.6) is 0 Å². The lowest BCUT2D eigenvalue weighted by Crippen LogP contribution is -2.47. The Labute approximate surface area is 158 Å². The number of nitrogens with zero attached hydrogens (tertiary/aromatic N) is 1. The van der Waals surface area contributed by atoms with Gasteiger partial charge in [-0.2, -0.15) is 0 Å². The van der Waals surface area contributed by atoms with Crippen molar-refractivity contribution in [2.45, 2.75) is 33.2 Å². The Morgan fingerprint density at radius 1 is 1.15 bits per heavy atom. The number of benzene rings is 2. The van der Waals surface area contributed by atoms with Gasteiger partial charge in [0.05, 0.1) is 17.6 Å².